The summed E-state index contributed by atoms with van der Waals surface area (Å²) >= 11 is 0. The molecule has 1 nitrogen and oxygen atoms in total. The Kier molecular flexibility index (Phi) is 8.95. The van der Waals surface area contributed by atoms with Crippen molar-refractivity contribution in [2.24, 2.45) is 0 Å². The van der Waals surface area contributed by atoms with E-state index in [1.165, 1.54) is 71.6 Å². The maximum absolute atomic E-state index is 2.42. The molecule has 10 aromatic rings. The van der Waals surface area contributed by atoms with Gasteiger partial charge in [-0.3, -0.25) is 0 Å². The molecule has 0 aliphatic rings. The van der Waals surface area contributed by atoms with Crippen LogP contribution in [0.1, 0.15) is 0 Å². The predicted octanol–water partition coefficient (Wildman–Crippen LogP) is 15.8. The zero-order chi connectivity index (χ0) is 38.0. The first kappa shape index (κ1) is 34.0. The highest BCUT2D eigenvalue weighted by atomic mass is 15.1. The molecule has 10 aromatic carbocycles. The Balaban J connectivity index is 1.13. The fourth-order valence-electron chi connectivity index (χ4n) is 8.13. The normalized spacial score (nSPS) is 11.2. The van der Waals surface area contributed by atoms with Gasteiger partial charge in [0.15, 0.2) is 0 Å². The summed E-state index contributed by atoms with van der Waals surface area (Å²) < 4.78 is 0. The van der Waals surface area contributed by atoms with E-state index >= 15 is 0 Å². The van der Waals surface area contributed by atoms with Crippen LogP contribution in [0, 0.1) is 0 Å². The first-order valence-corrected chi connectivity index (χ1v) is 19.6. The van der Waals surface area contributed by atoms with Crippen molar-refractivity contribution in [3.05, 3.63) is 237 Å². The standard InChI is InChI=1S/C56H39N/c1-3-13-40(14-4-1)47-21-11-22-48(37-47)42-27-32-51(33-28-42)57(52-34-29-43(30-35-52)49-26-25-41-15-7-8-19-46(41)38-49)56-39-50(31-36-55(56)45-16-5-2-6-17-45)54-24-12-20-44-18-9-10-23-53(44)54/h1-39H. The molecule has 0 N–H and O–H groups in total. The Morgan fingerprint density at radius 2 is 0.702 bits per heavy atom. The molecule has 0 saturated heterocycles. The zero-order valence-electron chi connectivity index (χ0n) is 31.5. The van der Waals surface area contributed by atoms with Crippen LogP contribution in [0.3, 0.4) is 0 Å². The summed E-state index contributed by atoms with van der Waals surface area (Å²) in [6.45, 7) is 0. The average molecular weight is 726 g/mol. The van der Waals surface area contributed by atoms with Crippen molar-refractivity contribution in [2.75, 3.05) is 4.90 Å². The van der Waals surface area contributed by atoms with Gasteiger partial charge in [0, 0.05) is 16.9 Å². The van der Waals surface area contributed by atoms with Crippen molar-refractivity contribution < 1.29 is 0 Å². The monoisotopic (exact) mass is 725 g/mol. The van der Waals surface area contributed by atoms with Crippen molar-refractivity contribution in [3.8, 4) is 55.6 Å². The van der Waals surface area contributed by atoms with Crippen LogP contribution in [0.25, 0.3) is 77.2 Å². The molecule has 268 valence electrons. The van der Waals surface area contributed by atoms with Crippen molar-refractivity contribution in [2.45, 2.75) is 0 Å². The zero-order valence-corrected chi connectivity index (χ0v) is 31.5. The maximum Gasteiger partial charge on any atom is 0.0546 e. The largest absolute Gasteiger partial charge is 0.310 e. The molecular weight excluding hydrogens is 687 g/mol. The van der Waals surface area contributed by atoms with Crippen LogP contribution in [0.5, 0.6) is 0 Å². The molecule has 10 rings (SSSR count). The molecule has 0 atom stereocenters. The number of nitrogens with zero attached hydrogens (tertiary/aromatic N) is 1. The SMILES string of the molecule is c1ccc(-c2cccc(-c3ccc(N(c4ccc(-c5ccc6ccccc6c5)cc4)c4cc(-c5cccc6ccccc56)ccc4-c4ccccc4)cc3)c2)cc1. The molecule has 0 aliphatic heterocycles. The molecule has 0 saturated carbocycles. The molecule has 0 fully saturated rings. The van der Waals surface area contributed by atoms with Crippen LogP contribution in [-0.4, -0.2) is 0 Å². The van der Waals surface area contributed by atoms with Gasteiger partial charge in [0.2, 0.25) is 0 Å². The van der Waals surface area contributed by atoms with Gasteiger partial charge in [0.05, 0.1) is 5.69 Å². The van der Waals surface area contributed by atoms with Crippen molar-refractivity contribution in [3.63, 3.8) is 0 Å². The van der Waals surface area contributed by atoms with E-state index in [4.69, 9.17) is 0 Å². The third kappa shape index (κ3) is 6.77. The van der Waals surface area contributed by atoms with E-state index in [0.717, 1.165) is 22.6 Å². The molecule has 0 amide bonds. The number of anilines is 3. The molecule has 0 bridgehead atoms. The molecule has 0 unspecified atom stereocenters. The number of fused-ring (bicyclic) bond motifs is 2. The van der Waals surface area contributed by atoms with Gasteiger partial charge < -0.3 is 4.90 Å². The van der Waals surface area contributed by atoms with Crippen LogP contribution >= 0.6 is 0 Å². The van der Waals surface area contributed by atoms with Crippen LogP contribution < -0.4 is 4.90 Å². The van der Waals surface area contributed by atoms with E-state index < -0.39 is 0 Å². The van der Waals surface area contributed by atoms with Gasteiger partial charge in [0.25, 0.3) is 0 Å². The van der Waals surface area contributed by atoms with Crippen molar-refractivity contribution in [1.29, 1.82) is 0 Å². The lowest BCUT2D eigenvalue weighted by atomic mass is 9.94. The van der Waals surface area contributed by atoms with E-state index in [1.807, 2.05) is 0 Å². The highest BCUT2D eigenvalue weighted by Crippen LogP contribution is 2.44. The second-order valence-electron chi connectivity index (χ2n) is 14.6. The fourth-order valence-corrected chi connectivity index (χ4v) is 8.13. The maximum atomic E-state index is 2.42. The van der Waals surface area contributed by atoms with E-state index in [0.29, 0.717) is 0 Å². The summed E-state index contributed by atoms with van der Waals surface area (Å²) in [6.07, 6.45) is 0. The minimum atomic E-state index is 1.09. The molecular formula is C56H39N. The smallest absolute Gasteiger partial charge is 0.0546 e. The van der Waals surface area contributed by atoms with E-state index in [1.54, 1.807) is 0 Å². The topological polar surface area (TPSA) is 3.24 Å². The summed E-state index contributed by atoms with van der Waals surface area (Å²) in [5.41, 5.74) is 15.2. The number of rotatable bonds is 8. The Labute approximate surface area is 334 Å². The number of hydrogen-bond donors (Lipinski definition) is 0. The van der Waals surface area contributed by atoms with Crippen LogP contribution in [0.4, 0.5) is 17.1 Å². The first-order valence-electron chi connectivity index (χ1n) is 19.6. The highest BCUT2D eigenvalue weighted by molar-refractivity contribution is 5.99. The van der Waals surface area contributed by atoms with Crippen LogP contribution in [-0.2, 0) is 0 Å². The molecule has 57 heavy (non-hydrogen) atoms. The van der Waals surface area contributed by atoms with Gasteiger partial charge in [-0.05, 0) is 114 Å². The minimum Gasteiger partial charge on any atom is -0.310 e. The Bertz CT molecular complexity index is 2980. The van der Waals surface area contributed by atoms with E-state index in [9.17, 15) is 0 Å². The second kappa shape index (κ2) is 15.0. The molecule has 0 aliphatic carbocycles. The predicted molar refractivity (Wildman–Crippen MR) is 243 cm³/mol. The Hall–Kier alpha value is -7.48. The number of benzene rings is 10. The fraction of sp³-hybridized carbons (Fsp3) is 0. The Morgan fingerprint density at radius 1 is 0.228 bits per heavy atom. The second-order valence-corrected chi connectivity index (χ2v) is 14.6. The summed E-state index contributed by atoms with van der Waals surface area (Å²) in [5, 5.41) is 4.97. The van der Waals surface area contributed by atoms with Crippen molar-refractivity contribution in [1.82, 2.24) is 0 Å². The van der Waals surface area contributed by atoms with Gasteiger partial charge in [-0.2, -0.15) is 0 Å². The molecule has 0 radical (unpaired) electrons. The lowest BCUT2D eigenvalue weighted by Gasteiger charge is -2.29. The van der Waals surface area contributed by atoms with Gasteiger partial charge in [-0.25, -0.2) is 0 Å². The molecule has 1 heteroatoms. The highest BCUT2D eigenvalue weighted by Gasteiger charge is 2.20. The molecule has 0 heterocycles. The minimum absolute atomic E-state index is 1.09. The van der Waals surface area contributed by atoms with E-state index in [-0.39, 0.29) is 0 Å². The average Bonchev–Trinajstić information content (AvgIpc) is 3.30. The van der Waals surface area contributed by atoms with Gasteiger partial charge >= 0.3 is 0 Å². The summed E-state index contributed by atoms with van der Waals surface area (Å²) in [5.74, 6) is 0. The van der Waals surface area contributed by atoms with E-state index in [2.05, 4.69) is 241 Å². The Morgan fingerprint density at radius 3 is 1.39 bits per heavy atom. The summed E-state index contributed by atoms with van der Waals surface area (Å²) in [4.78, 5) is 2.42. The van der Waals surface area contributed by atoms with Gasteiger partial charge in [-0.15, -0.1) is 0 Å². The van der Waals surface area contributed by atoms with Gasteiger partial charge in [0.1, 0.15) is 0 Å². The van der Waals surface area contributed by atoms with Crippen LogP contribution in [0.15, 0.2) is 237 Å². The summed E-state index contributed by atoms with van der Waals surface area (Å²) in [7, 11) is 0. The van der Waals surface area contributed by atoms with Crippen LogP contribution in [0.2, 0.25) is 0 Å². The molecule has 0 aromatic heterocycles. The number of hydrogen-bond acceptors (Lipinski definition) is 1. The third-order valence-corrected chi connectivity index (χ3v) is 11.1. The first-order chi connectivity index (χ1) is 28.2. The quantitative estimate of drug-likeness (QED) is 0.151. The molecule has 0 spiro atoms. The summed E-state index contributed by atoms with van der Waals surface area (Å²) in [6, 6.07) is 85.7. The lowest BCUT2D eigenvalue weighted by molar-refractivity contribution is 1.28. The van der Waals surface area contributed by atoms with Crippen molar-refractivity contribution >= 4 is 38.6 Å². The lowest BCUT2D eigenvalue weighted by Crippen LogP contribution is -2.11. The van der Waals surface area contributed by atoms with Gasteiger partial charge in [-0.1, -0.05) is 194 Å². The third-order valence-electron chi connectivity index (χ3n) is 11.1.